The van der Waals surface area contributed by atoms with E-state index in [9.17, 15) is 0 Å². The van der Waals surface area contributed by atoms with Crippen molar-refractivity contribution in [3.63, 3.8) is 0 Å². The zero-order chi connectivity index (χ0) is 24.0. The van der Waals surface area contributed by atoms with E-state index in [1.807, 2.05) is 0 Å². The van der Waals surface area contributed by atoms with Gasteiger partial charge in [-0.05, 0) is 122 Å². The van der Waals surface area contributed by atoms with Gasteiger partial charge < -0.3 is 4.74 Å². The first-order valence-electron chi connectivity index (χ1n) is 15.2. The predicted octanol–water partition coefficient (Wildman–Crippen LogP) is 9.39. The van der Waals surface area contributed by atoms with Crippen LogP contribution in [0.4, 0.5) is 0 Å². The molecule has 0 amide bonds. The van der Waals surface area contributed by atoms with Gasteiger partial charge in [0.2, 0.25) is 0 Å². The summed E-state index contributed by atoms with van der Waals surface area (Å²) in [5.74, 6) is 8.22. The average molecular weight is 459 g/mol. The van der Waals surface area contributed by atoms with Gasteiger partial charge in [0.25, 0.3) is 0 Å². The van der Waals surface area contributed by atoms with Gasteiger partial charge in [-0.1, -0.05) is 68.2 Å². The van der Waals surface area contributed by atoms with E-state index in [4.69, 9.17) is 4.74 Å². The van der Waals surface area contributed by atoms with Crippen LogP contribution in [0.15, 0.2) is 0 Å². The molecule has 1 heteroatoms. The lowest BCUT2D eigenvalue weighted by Gasteiger charge is -2.61. The highest BCUT2D eigenvalue weighted by atomic mass is 16.5. The van der Waals surface area contributed by atoms with Gasteiger partial charge in [0, 0.05) is 6.61 Å². The minimum absolute atomic E-state index is 0.542. The van der Waals surface area contributed by atoms with Crippen LogP contribution in [0.3, 0.4) is 0 Å². The van der Waals surface area contributed by atoms with Crippen LogP contribution in [0.5, 0.6) is 0 Å². The second-order valence-corrected chi connectivity index (χ2v) is 14.8. The normalized spacial score (nSPS) is 44.9. The van der Waals surface area contributed by atoms with Crippen molar-refractivity contribution in [3.05, 3.63) is 0 Å². The largest absolute Gasteiger partial charge is 0.378 e. The second-order valence-electron chi connectivity index (χ2n) is 14.8. The lowest BCUT2D eigenvalue weighted by molar-refractivity contribution is -0.138. The zero-order valence-electron chi connectivity index (χ0n) is 23.7. The molecule has 0 saturated heterocycles. The molecular weight excluding hydrogens is 400 g/mol. The zero-order valence-corrected chi connectivity index (χ0v) is 23.7. The second kappa shape index (κ2) is 10.1. The number of rotatable bonds is 8. The summed E-state index contributed by atoms with van der Waals surface area (Å²) in [6.45, 7) is 20.9. The standard InChI is InChI=1S/C32H58O/c1-21(2)20-33-26-15-17-31(7)25(19-26)11-12-27-29-14-13-28(32(29,8)18-16-30(27)31)24(6)10-9-23(5)22(3)4/h21-30H,9-20H2,1-8H3/t23-,24+,25?,26?,27-,28+,29-,30-,31-,32+/m0/s1. The van der Waals surface area contributed by atoms with E-state index in [-0.39, 0.29) is 0 Å². The maximum atomic E-state index is 6.35. The molecular formula is C32H58O. The smallest absolute Gasteiger partial charge is 0.0578 e. The molecule has 4 rings (SSSR count). The van der Waals surface area contributed by atoms with Crippen LogP contribution in [0, 0.1) is 64.1 Å². The topological polar surface area (TPSA) is 9.23 Å². The Hall–Kier alpha value is -0.0400. The molecule has 1 nitrogen and oxygen atoms in total. The molecule has 4 fully saturated rings. The molecule has 0 aliphatic heterocycles. The van der Waals surface area contributed by atoms with E-state index >= 15 is 0 Å². The highest BCUT2D eigenvalue weighted by molar-refractivity contribution is 5.09. The Bertz CT molecular complexity index is 638. The van der Waals surface area contributed by atoms with Crippen molar-refractivity contribution < 1.29 is 4.74 Å². The van der Waals surface area contributed by atoms with E-state index < -0.39 is 0 Å². The van der Waals surface area contributed by atoms with Crippen molar-refractivity contribution in [2.75, 3.05) is 6.61 Å². The van der Waals surface area contributed by atoms with E-state index in [2.05, 4.69) is 55.4 Å². The summed E-state index contributed by atoms with van der Waals surface area (Å²) in [6.07, 6.45) is 16.6. The number of ether oxygens (including phenoxy) is 1. The summed E-state index contributed by atoms with van der Waals surface area (Å²) in [5.41, 5.74) is 1.22. The van der Waals surface area contributed by atoms with Gasteiger partial charge in [-0.3, -0.25) is 0 Å². The molecule has 192 valence electrons. The number of fused-ring (bicyclic) bond motifs is 5. The Morgan fingerprint density at radius 2 is 1.45 bits per heavy atom. The van der Waals surface area contributed by atoms with Crippen LogP contribution < -0.4 is 0 Å². The number of hydrogen-bond acceptors (Lipinski definition) is 1. The molecule has 0 N–H and O–H groups in total. The third-order valence-corrected chi connectivity index (χ3v) is 12.3. The fraction of sp³-hybridized carbons (Fsp3) is 1.00. The minimum Gasteiger partial charge on any atom is -0.378 e. The quantitative estimate of drug-likeness (QED) is 0.352. The fourth-order valence-corrected chi connectivity index (χ4v) is 9.73. The Kier molecular flexibility index (Phi) is 8.00. The molecule has 0 radical (unpaired) electrons. The maximum absolute atomic E-state index is 6.35. The Balaban J connectivity index is 1.40. The van der Waals surface area contributed by atoms with Gasteiger partial charge in [-0.15, -0.1) is 0 Å². The van der Waals surface area contributed by atoms with Crippen molar-refractivity contribution in [1.82, 2.24) is 0 Å². The molecule has 4 saturated carbocycles. The molecule has 10 atom stereocenters. The van der Waals surface area contributed by atoms with Crippen LogP contribution in [0.1, 0.15) is 126 Å². The van der Waals surface area contributed by atoms with Crippen molar-refractivity contribution in [3.8, 4) is 0 Å². The van der Waals surface area contributed by atoms with Crippen LogP contribution >= 0.6 is 0 Å². The van der Waals surface area contributed by atoms with E-state index in [1.54, 1.807) is 0 Å². The van der Waals surface area contributed by atoms with Crippen LogP contribution in [0.2, 0.25) is 0 Å². The molecule has 0 spiro atoms. The van der Waals surface area contributed by atoms with Crippen molar-refractivity contribution in [1.29, 1.82) is 0 Å². The third-order valence-electron chi connectivity index (χ3n) is 12.3. The molecule has 4 aliphatic carbocycles. The first kappa shape index (κ1) is 26.0. The molecule has 0 aromatic carbocycles. The summed E-state index contributed by atoms with van der Waals surface area (Å²) in [4.78, 5) is 0. The van der Waals surface area contributed by atoms with Gasteiger partial charge in [-0.25, -0.2) is 0 Å². The Labute approximate surface area is 207 Å². The van der Waals surface area contributed by atoms with E-state index in [0.29, 0.717) is 22.9 Å². The Morgan fingerprint density at radius 3 is 2.15 bits per heavy atom. The molecule has 33 heavy (non-hydrogen) atoms. The van der Waals surface area contributed by atoms with Gasteiger partial charge in [0.15, 0.2) is 0 Å². The lowest BCUT2D eigenvalue weighted by Crippen LogP contribution is -2.54. The van der Waals surface area contributed by atoms with Gasteiger partial charge >= 0.3 is 0 Å². The summed E-state index contributed by atoms with van der Waals surface area (Å²) >= 11 is 0. The van der Waals surface area contributed by atoms with Gasteiger partial charge in [-0.2, -0.15) is 0 Å². The monoisotopic (exact) mass is 458 g/mol. The summed E-state index contributed by atoms with van der Waals surface area (Å²) in [6, 6.07) is 0. The molecule has 0 heterocycles. The summed E-state index contributed by atoms with van der Waals surface area (Å²) < 4.78 is 6.35. The summed E-state index contributed by atoms with van der Waals surface area (Å²) in [7, 11) is 0. The maximum Gasteiger partial charge on any atom is 0.0578 e. The van der Waals surface area contributed by atoms with E-state index in [0.717, 1.165) is 54.0 Å². The van der Waals surface area contributed by atoms with Gasteiger partial charge in [0.05, 0.1) is 6.10 Å². The van der Waals surface area contributed by atoms with Crippen molar-refractivity contribution in [2.45, 2.75) is 132 Å². The number of hydrogen-bond donors (Lipinski definition) is 0. The Morgan fingerprint density at radius 1 is 0.758 bits per heavy atom. The highest BCUT2D eigenvalue weighted by Gasteiger charge is 2.60. The SMILES string of the molecule is CC(C)COC1CC[C@@]2(C)C(CC[C@H]3[C@@H]4CC[C@H]([C@H](C)CC[C@H](C)C(C)C)[C@@]4(C)CC[C@@H]32)C1. The summed E-state index contributed by atoms with van der Waals surface area (Å²) in [5, 5.41) is 0. The third kappa shape index (κ3) is 4.97. The van der Waals surface area contributed by atoms with Gasteiger partial charge in [0.1, 0.15) is 0 Å². The van der Waals surface area contributed by atoms with Crippen molar-refractivity contribution in [2.24, 2.45) is 64.1 Å². The first-order valence-corrected chi connectivity index (χ1v) is 15.2. The first-order chi connectivity index (χ1) is 15.6. The predicted molar refractivity (Wildman–Crippen MR) is 142 cm³/mol. The molecule has 2 unspecified atom stereocenters. The highest BCUT2D eigenvalue weighted by Crippen LogP contribution is 2.68. The van der Waals surface area contributed by atoms with E-state index in [1.165, 1.54) is 70.6 Å². The van der Waals surface area contributed by atoms with Crippen LogP contribution in [0.25, 0.3) is 0 Å². The molecule has 0 aromatic rings. The lowest BCUT2D eigenvalue weighted by atomic mass is 9.44. The minimum atomic E-state index is 0.542. The average Bonchev–Trinajstić information content (AvgIpc) is 3.12. The molecule has 0 bridgehead atoms. The molecule has 0 aromatic heterocycles. The van der Waals surface area contributed by atoms with Crippen LogP contribution in [-0.4, -0.2) is 12.7 Å². The van der Waals surface area contributed by atoms with Crippen molar-refractivity contribution >= 4 is 0 Å². The fourth-order valence-electron chi connectivity index (χ4n) is 9.73. The van der Waals surface area contributed by atoms with Crippen LogP contribution in [-0.2, 0) is 4.74 Å². The molecule has 4 aliphatic rings.